The molecule has 0 aliphatic rings. The van der Waals surface area contributed by atoms with Gasteiger partial charge in [0.2, 0.25) is 11.8 Å². The predicted octanol–water partition coefficient (Wildman–Crippen LogP) is 4.75. The summed E-state index contributed by atoms with van der Waals surface area (Å²) >= 11 is 6.14. The predicted molar refractivity (Wildman–Crippen MR) is 152 cm³/mol. The Morgan fingerprint density at radius 3 is 2.24 bits per heavy atom. The molecule has 0 heterocycles. The third kappa shape index (κ3) is 7.14. The van der Waals surface area contributed by atoms with E-state index in [1.54, 1.807) is 51.1 Å². The summed E-state index contributed by atoms with van der Waals surface area (Å²) in [5.41, 5.74) is 2.87. The van der Waals surface area contributed by atoms with E-state index in [0.717, 1.165) is 15.4 Å². The van der Waals surface area contributed by atoms with Gasteiger partial charge in [0, 0.05) is 18.1 Å². The number of sulfonamides is 1. The smallest absolute Gasteiger partial charge is 0.264 e. The first kappa shape index (κ1) is 29.2. The highest BCUT2D eigenvalue weighted by atomic mass is 35.5. The van der Waals surface area contributed by atoms with E-state index in [2.05, 4.69) is 5.32 Å². The van der Waals surface area contributed by atoms with Crippen LogP contribution in [-0.2, 0) is 26.0 Å². The third-order valence-corrected chi connectivity index (χ3v) is 8.33. The highest BCUT2D eigenvalue weighted by Crippen LogP contribution is 2.29. The Hall–Kier alpha value is -3.36. The SMILES string of the molecule is CCNC(=O)[C@H](C)N(CCc1ccccc1)C(=O)CN(c1ccc(Cl)cc1C)S(=O)(=O)c1ccc(C)cc1. The van der Waals surface area contributed by atoms with Gasteiger partial charge in [-0.15, -0.1) is 0 Å². The number of carbonyl (C=O) groups excluding carboxylic acids is 2. The lowest BCUT2D eigenvalue weighted by Crippen LogP contribution is -2.52. The zero-order valence-corrected chi connectivity index (χ0v) is 23.7. The number of nitrogens with zero attached hydrogens (tertiary/aromatic N) is 2. The molecular weight excluding hydrogens is 522 g/mol. The fourth-order valence-electron chi connectivity index (χ4n) is 4.14. The lowest BCUT2D eigenvalue weighted by molar-refractivity contribution is -0.138. The summed E-state index contributed by atoms with van der Waals surface area (Å²) in [6.07, 6.45) is 0.515. The molecule has 0 radical (unpaired) electrons. The molecule has 0 aliphatic carbocycles. The largest absolute Gasteiger partial charge is 0.355 e. The maximum Gasteiger partial charge on any atom is 0.264 e. The zero-order valence-electron chi connectivity index (χ0n) is 22.1. The van der Waals surface area contributed by atoms with Gasteiger partial charge in [0.15, 0.2) is 0 Å². The quantitative estimate of drug-likeness (QED) is 0.370. The van der Waals surface area contributed by atoms with Gasteiger partial charge in [-0.25, -0.2) is 8.42 Å². The molecule has 9 heteroatoms. The number of hydrogen-bond acceptors (Lipinski definition) is 4. The monoisotopic (exact) mass is 555 g/mol. The van der Waals surface area contributed by atoms with Crippen LogP contribution in [-0.4, -0.2) is 50.8 Å². The van der Waals surface area contributed by atoms with Crippen molar-refractivity contribution in [3.63, 3.8) is 0 Å². The Kier molecular flexibility index (Phi) is 9.94. The molecule has 0 saturated carbocycles. The summed E-state index contributed by atoms with van der Waals surface area (Å²) in [5.74, 6) is -0.783. The first-order valence-electron chi connectivity index (χ1n) is 12.5. The van der Waals surface area contributed by atoms with Crippen LogP contribution >= 0.6 is 11.6 Å². The fourth-order valence-corrected chi connectivity index (χ4v) is 5.85. The zero-order chi connectivity index (χ0) is 27.9. The molecule has 38 heavy (non-hydrogen) atoms. The molecule has 2 amide bonds. The van der Waals surface area contributed by atoms with Crippen LogP contribution in [0.4, 0.5) is 5.69 Å². The maximum atomic E-state index is 13.9. The second kappa shape index (κ2) is 12.9. The van der Waals surface area contributed by atoms with Crippen molar-refractivity contribution in [1.82, 2.24) is 10.2 Å². The lowest BCUT2D eigenvalue weighted by atomic mass is 10.1. The molecule has 0 unspecified atom stereocenters. The standard InChI is InChI=1S/C29H34ClN3O4S/c1-5-31-29(35)23(4)32(18-17-24-9-7-6-8-10-24)28(34)20-33(27-16-13-25(30)19-22(27)3)38(36,37)26-14-11-21(2)12-15-26/h6-16,19,23H,5,17-18,20H2,1-4H3,(H,31,35)/t23-/m0/s1. The van der Waals surface area contributed by atoms with Gasteiger partial charge in [-0.1, -0.05) is 59.6 Å². The van der Waals surface area contributed by atoms with Crippen LogP contribution in [0.5, 0.6) is 0 Å². The second-order valence-electron chi connectivity index (χ2n) is 9.15. The van der Waals surface area contributed by atoms with Gasteiger partial charge in [0.1, 0.15) is 12.6 Å². The Balaban J connectivity index is 2.01. The molecular formula is C29H34ClN3O4S. The van der Waals surface area contributed by atoms with Crippen LogP contribution in [0.3, 0.4) is 0 Å². The van der Waals surface area contributed by atoms with E-state index >= 15 is 0 Å². The van der Waals surface area contributed by atoms with Crippen molar-refractivity contribution >= 4 is 39.1 Å². The van der Waals surface area contributed by atoms with Gasteiger partial charge >= 0.3 is 0 Å². The molecule has 7 nitrogen and oxygen atoms in total. The van der Waals surface area contributed by atoms with E-state index in [9.17, 15) is 18.0 Å². The fraction of sp³-hybridized carbons (Fsp3) is 0.310. The number of likely N-dealkylation sites (N-methyl/N-ethyl adjacent to an activating group) is 1. The number of amides is 2. The van der Waals surface area contributed by atoms with Crippen LogP contribution in [0.15, 0.2) is 77.7 Å². The topological polar surface area (TPSA) is 86.8 Å². The minimum absolute atomic E-state index is 0.0675. The minimum Gasteiger partial charge on any atom is -0.355 e. The molecule has 0 aromatic heterocycles. The number of hydrogen-bond donors (Lipinski definition) is 1. The average Bonchev–Trinajstić information content (AvgIpc) is 2.88. The minimum atomic E-state index is -4.12. The number of nitrogens with one attached hydrogen (secondary N) is 1. The van der Waals surface area contributed by atoms with Crippen LogP contribution < -0.4 is 9.62 Å². The van der Waals surface area contributed by atoms with E-state index < -0.39 is 28.5 Å². The van der Waals surface area contributed by atoms with Crippen molar-refractivity contribution in [3.8, 4) is 0 Å². The molecule has 1 atom stereocenters. The van der Waals surface area contributed by atoms with Crippen molar-refractivity contribution in [2.45, 2.75) is 45.1 Å². The molecule has 3 aromatic carbocycles. The van der Waals surface area contributed by atoms with Crippen LogP contribution in [0.1, 0.15) is 30.5 Å². The molecule has 202 valence electrons. The molecule has 3 rings (SSSR count). The van der Waals surface area contributed by atoms with Crippen molar-refractivity contribution in [2.24, 2.45) is 0 Å². The first-order chi connectivity index (χ1) is 18.0. The Labute approximate surface area is 230 Å². The number of anilines is 1. The molecule has 0 saturated heterocycles. The highest BCUT2D eigenvalue weighted by Gasteiger charge is 2.32. The number of carbonyl (C=O) groups is 2. The molecule has 0 aliphatic heterocycles. The van der Waals surface area contributed by atoms with E-state index in [1.165, 1.54) is 17.0 Å². The second-order valence-corrected chi connectivity index (χ2v) is 11.4. The molecule has 0 fully saturated rings. The van der Waals surface area contributed by atoms with E-state index in [4.69, 9.17) is 11.6 Å². The summed E-state index contributed by atoms with van der Waals surface area (Å²) in [6.45, 7) is 7.26. The van der Waals surface area contributed by atoms with Crippen LogP contribution in [0, 0.1) is 13.8 Å². The van der Waals surface area contributed by atoms with E-state index in [1.807, 2.05) is 37.3 Å². The molecule has 1 N–H and O–H groups in total. The van der Waals surface area contributed by atoms with E-state index in [0.29, 0.717) is 29.2 Å². The van der Waals surface area contributed by atoms with Crippen molar-refractivity contribution in [1.29, 1.82) is 0 Å². The number of aryl methyl sites for hydroxylation is 2. The van der Waals surface area contributed by atoms with Gasteiger partial charge in [-0.05, 0) is 75.6 Å². The van der Waals surface area contributed by atoms with Gasteiger partial charge < -0.3 is 10.2 Å². The Morgan fingerprint density at radius 1 is 0.974 bits per heavy atom. The molecule has 0 bridgehead atoms. The van der Waals surface area contributed by atoms with E-state index in [-0.39, 0.29) is 17.3 Å². The number of halogens is 1. The Bertz CT molecular complexity index is 1360. The molecule has 3 aromatic rings. The number of rotatable bonds is 11. The highest BCUT2D eigenvalue weighted by molar-refractivity contribution is 7.92. The summed E-state index contributed by atoms with van der Waals surface area (Å²) in [7, 11) is -4.12. The normalized spacial score (nSPS) is 12.0. The van der Waals surface area contributed by atoms with Crippen LogP contribution in [0.2, 0.25) is 5.02 Å². The lowest BCUT2D eigenvalue weighted by Gasteiger charge is -2.32. The van der Waals surface area contributed by atoms with Gasteiger partial charge in [0.25, 0.3) is 10.0 Å². The van der Waals surface area contributed by atoms with Crippen LogP contribution in [0.25, 0.3) is 0 Å². The third-order valence-electron chi connectivity index (χ3n) is 6.32. The summed E-state index contributed by atoms with van der Waals surface area (Å²) in [5, 5.41) is 3.22. The number of benzene rings is 3. The molecule has 0 spiro atoms. The summed E-state index contributed by atoms with van der Waals surface area (Å²) in [4.78, 5) is 28.1. The average molecular weight is 556 g/mol. The first-order valence-corrected chi connectivity index (χ1v) is 14.3. The van der Waals surface area contributed by atoms with Crippen molar-refractivity contribution in [2.75, 3.05) is 23.9 Å². The van der Waals surface area contributed by atoms with Gasteiger partial charge in [-0.2, -0.15) is 0 Å². The summed E-state index contributed by atoms with van der Waals surface area (Å²) < 4.78 is 28.8. The van der Waals surface area contributed by atoms with Gasteiger partial charge in [0.05, 0.1) is 10.6 Å². The van der Waals surface area contributed by atoms with Gasteiger partial charge in [-0.3, -0.25) is 13.9 Å². The Morgan fingerprint density at radius 2 is 1.63 bits per heavy atom. The maximum absolute atomic E-state index is 13.9. The van der Waals surface area contributed by atoms with Crippen molar-refractivity contribution < 1.29 is 18.0 Å². The summed E-state index contributed by atoms with van der Waals surface area (Å²) in [6, 6.07) is 20.2. The van der Waals surface area contributed by atoms with Crippen molar-refractivity contribution in [3.05, 3.63) is 94.5 Å².